The number of methoxy groups -OCH3 is 1. The Labute approximate surface area is 176 Å². The third-order valence-corrected chi connectivity index (χ3v) is 4.85. The highest BCUT2D eigenvalue weighted by atomic mass is 16.5. The van der Waals surface area contributed by atoms with Gasteiger partial charge < -0.3 is 24.3 Å². The van der Waals surface area contributed by atoms with Crippen LogP contribution in [0.1, 0.15) is 32.3 Å². The third-order valence-electron chi connectivity index (χ3n) is 4.85. The van der Waals surface area contributed by atoms with Crippen LogP contribution in [0, 0.1) is 5.92 Å². The Morgan fingerprint density at radius 1 is 1.17 bits per heavy atom. The molecule has 8 heteroatoms. The molecule has 0 atom stereocenters. The highest BCUT2D eigenvalue weighted by Gasteiger charge is 2.29. The fourth-order valence-corrected chi connectivity index (χ4v) is 3.41. The molecule has 0 aliphatic carbocycles. The van der Waals surface area contributed by atoms with E-state index in [2.05, 4.69) is 10.1 Å². The van der Waals surface area contributed by atoms with E-state index in [-0.39, 0.29) is 18.0 Å². The molecule has 2 heterocycles. The minimum atomic E-state index is -0.204. The number of hydrogen-bond donors (Lipinski definition) is 1. The number of esters is 1. The standard InChI is InChI=1S/C22H27N3O5/c1-15(2)29-18-8-4-5-9-19(18)30-21-17(7-6-12-23-21)20(24-27)25-13-10-16(11-14-25)22(26)28-3/h4-9,12,15-16,27H,10-11,13-14H2,1-3H3/b24-20-. The number of rotatable bonds is 6. The van der Waals surface area contributed by atoms with Crippen LogP contribution < -0.4 is 9.47 Å². The van der Waals surface area contributed by atoms with Gasteiger partial charge in [0, 0.05) is 19.3 Å². The number of benzene rings is 1. The van der Waals surface area contributed by atoms with Crippen LogP contribution in [0.3, 0.4) is 0 Å². The molecule has 1 aromatic carbocycles. The van der Waals surface area contributed by atoms with Crippen molar-refractivity contribution >= 4 is 11.8 Å². The summed E-state index contributed by atoms with van der Waals surface area (Å²) in [6.45, 7) is 5.00. The summed E-state index contributed by atoms with van der Waals surface area (Å²) < 4.78 is 16.7. The number of piperidine rings is 1. The molecule has 160 valence electrons. The molecule has 1 N–H and O–H groups in total. The molecule has 30 heavy (non-hydrogen) atoms. The topological polar surface area (TPSA) is 93.5 Å². The lowest BCUT2D eigenvalue weighted by Crippen LogP contribution is -2.41. The van der Waals surface area contributed by atoms with Gasteiger partial charge in [-0.2, -0.15) is 0 Å². The second-order valence-electron chi connectivity index (χ2n) is 7.28. The molecule has 0 amide bonds. The van der Waals surface area contributed by atoms with Gasteiger partial charge in [0.05, 0.1) is 24.7 Å². The van der Waals surface area contributed by atoms with Crippen LogP contribution in [0.4, 0.5) is 0 Å². The summed E-state index contributed by atoms with van der Waals surface area (Å²) in [6.07, 6.45) is 2.84. The number of ether oxygens (including phenoxy) is 3. The van der Waals surface area contributed by atoms with Crippen molar-refractivity contribution in [3.63, 3.8) is 0 Å². The molecule has 8 nitrogen and oxygen atoms in total. The molecule has 0 radical (unpaired) electrons. The van der Waals surface area contributed by atoms with Gasteiger partial charge in [-0.3, -0.25) is 4.79 Å². The van der Waals surface area contributed by atoms with Crippen LogP contribution in [-0.2, 0) is 9.53 Å². The Morgan fingerprint density at radius 3 is 2.50 bits per heavy atom. The molecule has 1 aliphatic rings. The summed E-state index contributed by atoms with van der Waals surface area (Å²) >= 11 is 0. The number of oxime groups is 1. The van der Waals surface area contributed by atoms with Crippen molar-refractivity contribution in [2.75, 3.05) is 20.2 Å². The largest absolute Gasteiger partial charge is 0.487 e. The minimum absolute atomic E-state index is 0.0105. The lowest BCUT2D eigenvalue weighted by Gasteiger charge is -2.32. The van der Waals surface area contributed by atoms with E-state index in [1.54, 1.807) is 24.4 Å². The highest BCUT2D eigenvalue weighted by Crippen LogP contribution is 2.33. The van der Waals surface area contributed by atoms with Crippen LogP contribution >= 0.6 is 0 Å². The highest BCUT2D eigenvalue weighted by molar-refractivity contribution is 6.00. The van der Waals surface area contributed by atoms with Gasteiger partial charge in [0.1, 0.15) is 0 Å². The Bertz CT molecular complexity index is 892. The van der Waals surface area contributed by atoms with Crippen molar-refractivity contribution in [2.45, 2.75) is 32.8 Å². The Kier molecular flexibility index (Phi) is 7.11. The Balaban J connectivity index is 1.82. The molecule has 1 aromatic heterocycles. The monoisotopic (exact) mass is 413 g/mol. The number of nitrogens with zero attached hydrogens (tertiary/aromatic N) is 3. The molecule has 0 bridgehead atoms. The van der Waals surface area contributed by atoms with E-state index in [0.717, 1.165) is 0 Å². The average molecular weight is 413 g/mol. The Morgan fingerprint density at radius 2 is 1.87 bits per heavy atom. The smallest absolute Gasteiger partial charge is 0.308 e. The second-order valence-corrected chi connectivity index (χ2v) is 7.28. The molecule has 2 aromatic rings. The van der Waals surface area contributed by atoms with Gasteiger partial charge in [-0.25, -0.2) is 4.98 Å². The second kappa shape index (κ2) is 9.96. The van der Waals surface area contributed by atoms with Crippen molar-refractivity contribution in [3.05, 3.63) is 48.2 Å². The molecular weight excluding hydrogens is 386 g/mol. The van der Waals surface area contributed by atoms with Crippen LogP contribution in [0.5, 0.6) is 17.4 Å². The first kappa shape index (κ1) is 21.4. The van der Waals surface area contributed by atoms with Gasteiger partial charge in [-0.1, -0.05) is 17.3 Å². The number of amidine groups is 1. The molecule has 0 spiro atoms. The van der Waals surface area contributed by atoms with Crippen LogP contribution in [0.15, 0.2) is 47.8 Å². The third kappa shape index (κ3) is 5.00. The van der Waals surface area contributed by atoms with Gasteiger partial charge in [0.15, 0.2) is 17.3 Å². The number of likely N-dealkylation sites (tertiary alicyclic amines) is 1. The van der Waals surface area contributed by atoms with E-state index in [1.165, 1.54) is 7.11 Å². The van der Waals surface area contributed by atoms with Crippen LogP contribution in [-0.4, -0.2) is 53.2 Å². The summed E-state index contributed by atoms with van der Waals surface area (Å²) in [5.74, 6) is 1.43. The number of aromatic nitrogens is 1. The van der Waals surface area contributed by atoms with E-state index < -0.39 is 0 Å². The lowest BCUT2D eigenvalue weighted by molar-refractivity contribution is -0.146. The van der Waals surface area contributed by atoms with E-state index in [0.29, 0.717) is 54.7 Å². The van der Waals surface area contributed by atoms with E-state index in [4.69, 9.17) is 14.2 Å². The summed E-state index contributed by atoms with van der Waals surface area (Å²) in [5, 5.41) is 13.3. The molecular formula is C22H27N3O5. The number of carbonyl (C=O) groups excluding carboxylic acids is 1. The van der Waals surface area contributed by atoms with Gasteiger partial charge in [0.2, 0.25) is 5.88 Å². The fourth-order valence-electron chi connectivity index (χ4n) is 3.41. The van der Waals surface area contributed by atoms with Crippen LogP contribution in [0.25, 0.3) is 0 Å². The summed E-state index contributed by atoms with van der Waals surface area (Å²) in [4.78, 5) is 18.0. The maximum absolute atomic E-state index is 11.8. The molecule has 1 aliphatic heterocycles. The maximum Gasteiger partial charge on any atom is 0.308 e. The van der Waals surface area contributed by atoms with Gasteiger partial charge in [-0.05, 0) is 51.0 Å². The number of para-hydroxylation sites is 2. The first-order chi connectivity index (χ1) is 14.5. The van der Waals surface area contributed by atoms with Crippen molar-refractivity contribution in [3.8, 4) is 17.4 Å². The molecule has 0 saturated carbocycles. The molecule has 0 unspecified atom stereocenters. The zero-order valence-electron chi connectivity index (χ0n) is 17.4. The van der Waals surface area contributed by atoms with Gasteiger partial charge in [-0.15, -0.1) is 0 Å². The van der Waals surface area contributed by atoms with Crippen molar-refractivity contribution in [1.29, 1.82) is 0 Å². The van der Waals surface area contributed by atoms with Crippen molar-refractivity contribution < 1.29 is 24.2 Å². The molecule has 1 saturated heterocycles. The predicted molar refractivity (Wildman–Crippen MR) is 111 cm³/mol. The summed E-state index contributed by atoms with van der Waals surface area (Å²) in [6, 6.07) is 10.9. The van der Waals surface area contributed by atoms with Crippen molar-refractivity contribution in [2.24, 2.45) is 11.1 Å². The van der Waals surface area contributed by atoms with Crippen LogP contribution in [0.2, 0.25) is 0 Å². The number of carbonyl (C=O) groups is 1. The zero-order chi connectivity index (χ0) is 21.5. The SMILES string of the molecule is COC(=O)C1CCN(/C(=N\O)c2cccnc2Oc2ccccc2OC(C)C)CC1. The fraction of sp³-hybridized carbons (Fsp3) is 0.409. The normalized spacial score (nSPS) is 15.2. The van der Waals surface area contributed by atoms with E-state index in [1.807, 2.05) is 36.9 Å². The predicted octanol–water partition coefficient (Wildman–Crippen LogP) is 3.68. The lowest BCUT2D eigenvalue weighted by atomic mass is 9.96. The van der Waals surface area contributed by atoms with E-state index in [9.17, 15) is 10.0 Å². The van der Waals surface area contributed by atoms with Gasteiger partial charge in [0.25, 0.3) is 0 Å². The van der Waals surface area contributed by atoms with Crippen molar-refractivity contribution in [1.82, 2.24) is 9.88 Å². The molecule has 3 rings (SSSR count). The quantitative estimate of drug-likeness (QED) is 0.254. The number of hydrogen-bond acceptors (Lipinski definition) is 7. The summed E-state index contributed by atoms with van der Waals surface area (Å²) in [7, 11) is 1.40. The molecule has 1 fully saturated rings. The number of pyridine rings is 1. The summed E-state index contributed by atoms with van der Waals surface area (Å²) in [5.41, 5.74) is 0.552. The van der Waals surface area contributed by atoms with Gasteiger partial charge >= 0.3 is 5.97 Å². The average Bonchev–Trinajstić information content (AvgIpc) is 2.76. The Hall–Kier alpha value is -3.29. The minimum Gasteiger partial charge on any atom is -0.487 e. The van der Waals surface area contributed by atoms with E-state index >= 15 is 0 Å². The maximum atomic E-state index is 11.8. The zero-order valence-corrected chi connectivity index (χ0v) is 17.4. The first-order valence-electron chi connectivity index (χ1n) is 9.97. The first-order valence-corrected chi connectivity index (χ1v) is 9.97.